The zero-order chi connectivity index (χ0) is 15.6. The molecule has 1 aromatic heterocycles. The molecule has 22 heavy (non-hydrogen) atoms. The Balaban J connectivity index is 1.92. The predicted molar refractivity (Wildman–Crippen MR) is 76.6 cm³/mol. The first-order chi connectivity index (χ1) is 10.4. The number of amides is 2. The van der Waals surface area contributed by atoms with Gasteiger partial charge in [0.15, 0.2) is 11.4 Å². The van der Waals surface area contributed by atoms with Crippen LogP contribution >= 0.6 is 0 Å². The quantitative estimate of drug-likeness (QED) is 0.764. The number of nitrogens with zero attached hydrogens (tertiary/aromatic N) is 2. The number of fused-ring (bicyclic) bond motifs is 2. The van der Waals surface area contributed by atoms with Gasteiger partial charge in [0.1, 0.15) is 5.56 Å². The first-order valence-electron chi connectivity index (χ1n) is 7.51. The van der Waals surface area contributed by atoms with Crippen LogP contribution in [0.2, 0.25) is 0 Å². The van der Waals surface area contributed by atoms with Crippen LogP contribution in [0.3, 0.4) is 0 Å². The van der Waals surface area contributed by atoms with E-state index in [2.05, 4.69) is 0 Å². The summed E-state index contributed by atoms with van der Waals surface area (Å²) in [4.78, 5) is 38.0. The van der Waals surface area contributed by atoms with Gasteiger partial charge in [-0.3, -0.25) is 14.4 Å². The summed E-state index contributed by atoms with van der Waals surface area (Å²) in [6, 6.07) is 0. The van der Waals surface area contributed by atoms with Crippen LogP contribution in [-0.4, -0.2) is 38.5 Å². The monoisotopic (exact) mass is 303 g/mol. The lowest BCUT2D eigenvalue weighted by molar-refractivity contribution is 0.0420. The highest BCUT2D eigenvalue weighted by molar-refractivity contribution is 5.99. The lowest BCUT2D eigenvalue weighted by Gasteiger charge is -2.44. The molecular formula is C15H17N3O4. The molecule has 1 saturated heterocycles. The molecule has 2 fully saturated rings. The van der Waals surface area contributed by atoms with E-state index in [4.69, 9.17) is 5.73 Å². The van der Waals surface area contributed by atoms with E-state index in [0.29, 0.717) is 19.0 Å². The highest BCUT2D eigenvalue weighted by atomic mass is 16.3. The van der Waals surface area contributed by atoms with E-state index in [1.54, 1.807) is 4.57 Å². The average molecular weight is 303 g/mol. The number of hydrogen-bond donors (Lipinski definition) is 2. The predicted octanol–water partition coefficient (Wildman–Crippen LogP) is 0.0512. The maximum absolute atomic E-state index is 12.8. The molecule has 1 aromatic rings. The topological polar surface area (TPSA) is 106 Å². The summed E-state index contributed by atoms with van der Waals surface area (Å²) in [5.74, 6) is -1.40. The molecule has 2 aliphatic heterocycles. The van der Waals surface area contributed by atoms with E-state index in [-0.39, 0.29) is 22.7 Å². The van der Waals surface area contributed by atoms with Crippen molar-refractivity contribution in [3.63, 3.8) is 0 Å². The number of primary amides is 1. The molecule has 1 saturated carbocycles. The summed E-state index contributed by atoms with van der Waals surface area (Å²) >= 11 is 0. The molecule has 2 atom stereocenters. The standard InChI is InChI=1S/C15H17N3O4/c16-13(21)9-6-17-7-15-3-1-2-8(4-15)5-18(15)14(22)10(17)12(20)11(9)19/h6,8,20H,1-5,7H2,(H2,16,21)/t8-,15+/m1/s1. The van der Waals surface area contributed by atoms with Crippen LogP contribution < -0.4 is 11.2 Å². The number of rotatable bonds is 1. The van der Waals surface area contributed by atoms with Gasteiger partial charge in [-0.05, 0) is 25.2 Å². The summed E-state index contributed by atoms with van der Waals surface area (Å²) < 4.78 is 1.54. The fraction of sp³-hybridized carbons (Fsp3) is 0.533. The van der Waals surface area contributed by atoms with Crippen molar-refractivity contribution >= 4 is 11.8 Å². The van der Waals surface area contributed by atoms with Crippen molar-refractivity contribution in [1.82, 2.24) is 9.47 Å². The van der Waals surface area contributed by atoms with Crippen LogP contribution in [0.25, 0.3) is 0 Å². The van der Waals surface area contributed by atoms with Crippen molar-refractivity contribution in [2.75, 3.05) is 6.54 Å². The van der Waals surface area contributed by atoms with Crippen LogP contribution in [0.15, 0.2) is 11.0 Å². The van der Waals surface area contributed by atoms with Gasteiger partial charge in [-0.15, -0.1) is 0 Å². The normalized spacial score (nSPS) is 29.2. The Morgan fingerprint density at radius 1 is 1.41 bits per heavy atom. The Morgan fingerprint density at radius 2 is 2.18 bits per heavy atom. The zero-order valence-electron chi connectivity index (χ0n) is 12.0. The molecule has 7 nitrogen and oxygen atoms in total. The summed E-state index contributed by atoms with van der Waals surface area (Å²) in [5.41, 5.74) is 3.79. The minimum absolute atomic E-state index is 0.0202. The Hall–Kier alpha value is -2.31. The number of carbonyl (C=O) groups is 2. The third-order valence-corrected chi connectivity index (χ3v) is 5.37. The highest BCUT2D eigenvalue weighted by Crippen LogP contribution is 2.48. The van der Waals surface area contributed by atoms with Gasteiger partial charge in [0.2, 0.25) is 5.43 Å². The fourth-order valence-electron chi connectivity index (χ4n) is 4.46. The molecule has 3 aliphatic rings. The SMILES string of the molecule is NC(=O)c1cn2c(c(O)c1=O)C(=O)N1C[C@@H]3CCC[C@]1(C3)C2. The molecule has 1 aliphatic carbocycles. The summed E-state index contributed by atoms with van der Waals surface area (Å²) in [6.07, 6.45) is 5.35. The number of aromatic hydroxyl groups is 1. The van der Waals surface area contributed by atoms with Gasteiger partial charge in [0, 0.05) is 19.3 Å². The minimum atomic E-state index is -0.893. The average Bonchev–Trinajstić information content (AvgIpc) is 2.72. The number of nitrogens with two attached hydrogens (primary N) is 1. The molecule has 0 radical (unpaired) electrons. The summed E-state index contributed by atoms with van der Waals surface area (Å²) in [6.45, 7) is 1.18. The lowest BCUT2D eigenvalue weighted by atomic mass is 9.79. The molecule has 4 rings (SSSR count). The first kappa shape index (κ1) is 13.4. The van der Waals surface area contributed by atoms with E-state index in [0.717, 1.165) is 25.7 Å². The fourth-order valence-corrected chi connectivity index (χ4v) is 4.46. The van der Waals surface area contributed by atoms with Crippen molar-refractivity contribution in [2.45, 2.75) is 37.8 Å². The van der Waals surface area contributed by atoms with Crippen LogP contribution in [0.1, 0.15) is 46.5 Å². The third kappa shape index (κ3) is 1.53. The number of carbonyl (C=O) groups excluding carboxylic acids is 2. The second kappa shape index (κ2) is 4.12. The third-order valence-electron chi connectivity index (χ3n) is 5.37. The Bertz CT molecular complexity index is 769. The second-order valence-corrected chi connectivity index (χ2v) is 6.66. The van der Waals surface area contributed by atoms with E-state index < -0.39 is 17.1 Å². The molecular weight excluding hydrogens is 286 g/mol. The summed E-state index contributed by atoms with van der Waals surface area (Å²) in [7, 11) is 0. The van der Waals surface area contributed by atoms with Crippen molar-refractivity contribution < 1.29 is 14.7 Å². The maximum Gasteiger partial charge on any atom is 0.275 e. The molecule has 7 heteroatoms. The maximum atomic E-state index is 12.8. The van der Waals surface area contributed by atoms with Crippen molar-refractivity contribution in [3.05, 3.63) is 27.7 Å². The van der Waals surface area contributed by atoms with Gasteiger partial charge in [0.25, 0.3) is 11.8 Å². The highest BCUT2D eigenvalue weighted by Gasteiger charge is 2.53. The molecule has 1 spiro atoms. The van der Waals surface area contributed by atoms with Gasteiger partial charge in [0.05, 0.1) is 5.54 Å². The second-order valence-electron chi connectivity index (χ2n) is 6.66. The van der Waals surface area contributed by atoms with Crippen molar-refractivity contribution in [1.29, 1.82) is 0 Å². The smallest absolute Gasteiger partial charge is 0.275 e. The number of aromatic nitrogens is 1. The van der Waals surface area contributed by atoms with Crippen LogP contribution in [0.4, 0.5) is 0 Å². The Morgan fingerprint density at radius 3 is 2.91 bits per heavy atom. The number of pyridine rings is 1. The first-order valence-corrected chi connectivity index (χ1v) is 7.51. The lowest BCUT2D eigenvalue weighted by Crippen LogP contribution is -2.55. The van der Waals surface area contributed by atoms with Crippen molar-refractivity contribution in [2.24, 2.45) is 11.7 Å². The molecule has 0 aromatic carbocycles. The Labute approximate surface area is 126 Å². The van der Waals surface area contributed by atoms with E-state index >= 15 is 0 Å². The largest absolute Gasteiger partial charge is 0.503 e. The zero-order valence-corrected chi connectivity index (χ0v) is 12.0. The molecule has 2 bridgehead atoms. The van der Waals surface area contributed by atoms with Crippen LogP contribution in [0.5, 0.6) is 5.75 Å². The summed E-state index contributed by atoms with van der Waals surface area (Å²) in [5, 5.41) is 10.1. The van der Waals surface area contributed by atoms with Crippen LogP contribution in [-0.2, 0) is 6.54 Å². The van der Waals surface area contributed by atoms with Crippen molar-refractivity contribution in [3.8, 4) is 5.75 Å². The molecule has 3 N–H and O–H groups in total. The molecule has 116 valence electrons. The van der Waals surface area contributed by atoms with Crippen LogP contribution in [0, 0.1) is 5.92 Å². The van der Waals surface area contributed by atoms with Gasteiger partial charge >= 0.3 is 0 Å². The van der Waals surface area contributed by atoms with E-state index in [1.807, 2.05) is 4.90 Å². The molecule has 0 unspecified atom stereocenters. The number of hydrogen-bond acceptors (Lipinski definition) is 4. The molecule has 3 heterocycles. The van der Waals surface area contributed by atoms with Gasteiger partial charge in [-0.2, -0.15) is 0 Å². The van der Waals surface area contributed by atoms with E-state index in [1.165, 1.54) is 6.20 Å². The van der Waals surface area contributed by atoms with Gasteiger partial charge in [-0.25, -0.2) is 0 Å². The Kier molecular flexibility index (Phi) is 2.50. The van der Waals surface area contributed by atoms with Gasteiger partial charge in [-0.1, -0.05) is 6.42 Å². The minimum Gasteiger partial charge on any atom is -0.503 e. The molecule has 2 amide bonds. The van der Waals surface area contributed by atoms with E-state index in [9.17, 15) is 19.5 Å². The van der Waals surface area contributed by atoms with Gasteiger partial charge < -0.3 is 20.3 Å².